The van der Waals surface area contributed by atoms with Crippen molar-refractivity contribution in [1.82, 2.24) is 10.3 Å². The number of carbonyl (C=O) groups excluding carboxylic acids is 1. The molecule has 1 amide bonds. The van der Waals surface area contributed by atoms with Crippen molar-refractivity contribution in [2.45, 2.75) is 6.10 Å². The first-order chi connectivity index (χ1) is 9.58. The summed E-state index contributed by atoms with van der Waals surface area (Å²) in [6.45, 7) is 0.0485. The van der Waals surface area contributed by atoms with Crippen molar-refractivity contribution in [1.29, 1.82) is 0 Å². The minimum atomic E-state index is -0.875. The number of benzene rings is 1. The quantitative estimate of drug-likeness (QED) is 0.912. The number of amides is 1. The fraction of sp³-hybridized carbons (Fsp3) is 0.143. The molecule has 2 aromatic rings. The van der Waals surface area contributed by atoms with Gasteiger partial charge in [-0.3, -0.25) is 4.79 Å². The molecule has 0 aliphatic heterocycles. The maximum atomic E-state index is 11.8. The molecule has 1 atom stereocenters. The lowest BCUT2D eigenvalue weighted by Gasteiger charge is -2.13. The lowest BCUT2D eigenvalue weighted by Crippen LogP contribution is -2.29. The van der Waals surface area contributed by atoms with Crippen LogP contribution in [0.2, 0.25) is 10.0 Å². The van der Waals surface area contributed by atoms with Gasteiger partial charge in [0.2, 0.25) is 0 Å². The van der Waals surface area contributed by atoms with E-state index in [9.17, 15) is 9.90 Å². The third kappa shape index (κ3) is 3.70. The summed E-state index contributed by atoms with van der Waals surface area (Å²) >= 11 is 11.7. The van der Waals surface area contributed by atoms with E-state index in [2.05, 4.69) is 10.3 Å². The van der Waals surface area contributed by atoms with Crippen molar-refractivity contribution >= 4 is 29.1 Å². The Bertz CT molecular complexity index is 602. The van der Waals surface area contributed by atoms with Crippen LogP contribution < -0.4 is 5.32 Å². The van der Waals surface area contributed by atoms with Gasteiger partial charge in [-0.05, 0) is 18.2 Å². The zero-order valence-electron chi connectivity index (χ0n) is 10.4. The van der Waals surface area contributed by atoms with Gasteiger partial charge in [-0.2, -0.15) is 0 Å². The molecule has 1 aromatic heterocycles. The van der Waals surface area contributed by atoms with Crippen molar-refractivity contribution in [3.05, 3.63) is 63.9 Å². The van der Waals surface area contributed by atoms with Crippen LogP contribution in [0.4, 0.5) is 0 Å². The molecule has 0 spiro atoms. The van der Waals surface area contributed by atoms with Gasteiger partial charge in [0.1, 0.15) is 5.69 Å². The highest BCUT2D eigenvalue weighted by Gasteiger charge is 2.13. The minimum Gasteiger partial charge on any atom is -0.387 e. The summed E-state index contributed by atoms with van der Waals surface area (Å²) in [7, 11) is 0. The van der Waals surface area contributed by atoms with Crippen molar-refractivity contribution in [2.75, 3.05) is 6.54 Å². The minimum absolute atomic E-state index is 0.0485. The number of aliphatic hydroxyl groups excluding tert-OH is 1. The summed E-state index contributed by atoms with van der Waals surface area (Å²) in [5.41, 5.74) is 0.805. The Hall–Kier alpha value is -1.62. The van der Waals surface area contributed by atoms with Crippen LogP contribution in [0.1, 0.15) is 22.2 Å². The number of carbonyl (C=O) groups is 1. The molecule has 0 aliphatic carbocycles. The first-order valence-electron chi connectivity index (χ1n) is 5.90. The number of nitrogens with one attached hydrogen (secondary N) is 1. The van der Waals surface area contributed by atoms with Gasteiger partial charge in [0.15, 0.2) is 0 Å². The van der Waals surface area contributed by atoms with Crippen LogP contribution in [0.5, 0.6) is 0 Å². The van der Waals surface area contributed by atoms with E-state index in [0.29, 0.717) is 15.6 Å². The van der Waals surface area contributed by atoms with Crippen LogP contribution in [-0.4, -0.2) is 22.5 Å². The van der Waals surface area contributed by atoms with E-state index >= 15 is 0 Å². The van der Waals surface area contributed by atoms with E-state index in [1.807, 2.05) is 0 Å². The van der Waals surface area contributed by atoms with Crippen molar-refractivity contribution in [3.8, 4) is 0 Å². The Morgan fingerprint density at radius 3 is 2.65 bits per heavy atom. The maximum absolute atomic E-state index is 11.8. The van der Waals surface area contributed by atoms with E-state index in [1.165, 1.54) is 12.3 Å². The molecule has 0 fully saturated rings. The average Bonchev–Trinajstić information content (AvgIpc) is 2.45. The van der Waals surface area contributed by atoms with Gasteiger partial charge in [-0.25, -0.2) is 4.98 Å². The van der Waals surface area contributed by atoms with Crippen LogP contribution in [0.25, 0.3) is 0 Å². The molecular formula is C14H12Cl2N2O2. The lowest BCUT2D eigenvalue weighted by atomic mass is 10.1. The largest absolute Gasteiger partial charge is 0.387 e. The molecule has 2 N–H and O–H groups in total. The second-order valence-electron chi connectivity index (χ2n) is 4.11. The normalized spacial score (nSPS) is 11.9. The van der Waals surface area contributed by atoms with Crippen LogP contribution in [0.3, 0.4) is 0 Å². The number of aromatic nitrogens is 1. The van der Waals surface area contributed by atoms with E-state index in [0.717, 1.165) is 0 Å². The second-order valence-corrected chi connectivity index (χ2v) is 4.95. The van der Waals surface area contributed by atoms with Gasteiger partial charge < -0.3 is 10.4 Å². The molecule has 20 heavy (non-hydrogen) atoms. The van der Waals surface area contributed by atoms with Crippen molar-refractivity contribution in [2.24, 2.45) is 0 Å². The molecule has 6 heteroatoms. The molecule has 104 valence electrons. The standard InChI is InChI=1S/C14H12Cl2N2O2/c15-9-5-6-12(17-7-9)14(20)18-8-13(19)10-3-1-2-4-11(10)16/h1-7,13,19H,8H2,(H,18,20). The monoisotopic (exact) mass is 310 g/mol. The molecule has 0 aliphatic rings. The van der Waals surface area contributed by atoms with Gasteiger partial charge >= 0.3 is 0 Å². The smallest absolute Gasteiger partial charge is 0.269 e. The summed E-state index contributed by atoms with van der Waals surface area (Å²) in [6, 6.07) is 10.0. The zero-order valence-corrected chi connectivity index (χ0v) is 11.9. The first kappa shape index (κ1) is 14.8. The Balaban J connectivity index is 1.97. The fourth-order valence-corrected chi connectivity index (χ4v) is 2.02. The highest BCUT2D eigenvalue weighted by atomic mass is 35.5. The van der Waals surface area contributed by atoms with Crippen LogP contribution >= 0.6 is 23.2 Å². The Kier molecular flexibility index (Phi) is 4.95. The Morgan fingerprint density at radius 1 is 1.25 bits per heavy atom. The van der Waals surface area contributed by atoms with Crippen molar-refractivity contribution < 1.29 is 9.90 Å². The molecule has 1 aromatic carbocycles. The topological polar surface area (TPSA) is 62.2 Å². The van der Waals surface area contributed by atoms with E-state index in [4.69, 9.17) is 23.2 Å². The summed E-state index contributed by atoms with van der Waals surface area (Å²) in [5.74, 6) is -0.382. The molecule has 0 radical (unpaired) electrons. The highest BCUT2D eigenvalue weighted by Crippen LogP contribution is 2.21. The van der Waals surface area contributed by atoms with Gasteiger partial charge in [0, 0.05) is 23.3 Å². The molecule has 2 rings (SSSR count). The number of halogens is 2. The lowest BCUT2D eigenvalue weighted by molar-refractivity contribution is 0.0911. The molecule has 0 saturated heterocycles. The van der Waals surface area contributed by atoms with E-state index in [1.54, 1.807) is 30.3 Å². The van der Waals surface area contributed by atoms with Gasteiger partial charge in [0.25, 0.3) is 5.91 Å². The number of hydrogen-bond acceptors (Lipinski definition) is 3. The molecule has 0 bridgehead atoms. The first-order valence-corrected chi connectivity index (χ1v) is 6.66. The van der Waals surface area contributed by atoms with E-state index in [-0.39, 0.29) is 18.1 Å². The molecule has 0 saturated carbocycles. The Morgan fingerprint density at radius 2 is 2.00 bits per heavy atom. The summed E-state index contributed by atoms with van der Waals surface area (Å²) in [4.78, 5) is 15.7. The molecule has 4 nitrogen and oxygen atoms in total. The number of nitrogens with zero attached hydrogens (tertiary/aromatic N) is 1. The average molecular weight is 311 g/mol. The summed E-state index contributed by atoms with van der Waals surface area (Å²) in [5, 5.41) is 13.5. The Labute approximate surface area is 126 Å². The number of hydrogen-bond donors (Lipinski definition) is 2. The van der Waals surface area contributed by atoms with Crippen LogP contribution in [0.15, 0.2) is 42.6 Å². The van der Waals surface area contributed by atoms with Crippen LogP contribution in [-0.2, 0) is 0 Å². The summed E-state index contributed by atoms with van der Waals surface area (Å²) in [6.07, 6.45) is 0.515. The fourth-order valence-electron chi connectivity index (χ4n) is 1.65. The highest BCUT2D eigenvalue weighted by molar-refractivity contribution is 6.31. The van der Waals surface area contributed by atoms with Gasteiger partial charge in [-0.1, -0.05) is 41.4 Å². The van der Waals surface area contributed by atoms with E-state index < -0.39 is 6.10 Å². The number of rotatable bonds is 4. The third-order valence-corrected chi connectivity index (χ3v) is 3.25. The zero-order chi connectivity index (χ0) is 14.5. The van der Waals surface area contributed by atoms with Gasteiger partial charge in [0.05, 0.1) is 11.1 Å². The maximum Gasteiger partial charge on any atom is 0.269 e. The number of aliphatic hydroxyl groups is 1. The van der Waals surface area contributed by atoms with Crippen molar-refractivity contribution in [3.63, 3.8) is 0 Å². The SMILES string of the molecule is O=C(NCC(O)c1ccccc1Cl)c1ccc(Cl)cn1. The van der Waals surface area contributed by atoms with Crippen LogP contribution in [0, 0.1) is 0 Å². The molecule has 1 heterocycles. The predicted molar refractivity (Wildman–Crippen MR) is 78.0 cm³/mol. The molecular weight excluding hydrogens is 299 g/mol. The second kappa shape index (κ2) is 6.70. The predicted octanol–water partition coefficient (Wildman–Crippen LogP) is 2.85. The van der Waals surface area contributed by atoms with Gasteiger partial charge in [-0.15, -0.1) is 0 Å². The molecule has 1 unspecified atom stereocenters. The number of pyridine rings is 1. The summed E-state index contributed by atoms with van der Waals surface area (Å²) < 4.78 is 0. The third-order valence-electron chi connectivity index (χ3n) is 2.68.